The van der Waals surface area contributed by atoms with Crippen molar-refractivity contribution in [3.63, 3.8) is 0 Å². The summed E-state index contributed by atoms with van der Waals surface area (Å²) in [7, 11) is -3.89. The zero-order chi connectivity index (χ0) is 23.8. The van der Waals surface area contributed by atoms with Gasteiger partial charge in [0.25, 0.3) is 0 Å². The first-order valence-corrected chi connectivity index (χ1v) is 13.8. The van der Waals surface area contributed by atoms with Crippen LogP contribution in [0.4, 0.5) is 0 Å². The first kappa shape index (κ1) is 28.6. The molecule has 0 aliphatic rings. The Bertz CT molecular complexity index is 733. The number of amides is 1. The van der Waals surface area contributed by atoms with Crippen LogP contribution in [0, 0.1) is 6.92 Å². The average Bonchev–Trinajstić information content (AvgIpc) is 2.75. The molecule has 0 saturated heterocycles. The average molecular weight is 469 g/mol. The zero-order valence-corrected chi connectivity index (χ0v) is 21.1. The molecule has 32 heavy (non-hydrogen) atoms. The number of carbonyl (C=O) groups is 1. The van der Waals surface area contributed by atoms with Crippen molar-refractivity contribution in [2.24, 2.45) is 0 Å². The molecule has 7 heteroatoms. The maximum Gasteiger partial charge on any atom is 0.241 e. The number of aliphatic hydroxyl groups excluding tert-OH is 1. The van der Waals surface area contributed by atoms with Gasteiger partial charge >= 0.3 is 0 Å². The van der Waals surface area contributed by atoms with Crippen molar-refractivity contribution in [3.8, 4) is 0 Å². The molecule has 0 heterocycles. The molecule has 184 valence electrons. The highest BCUT2D eigenvalue weighted by molar-refractivity contribution is 7.89. The maximum absolute atomic E-state index is 12.5. The second kappa shape index (κ2) is 16.2. The van der Waals surface area contributed by atoms with E-state index in [0.29, 0.717) is 6.54 Å². The van der Waals surface area contributed by atoms with Crippen molar-refractivity contribution in [3.05, 3.63) is 29.8 Å². The molecule has 1 aromatic carbocycles. The molecule has 0 bridgehead atoms. The molecule has 0 saturated carbocycles. The Morgan fingerprint density at radius 3 is 1.81 bits per heavy atom. The summed E-state index contributed by atoms with van der Waals surface area (Å²) in [5.41, 5.74) is 0.941. The van der Waals surface area contributed by atoms with E-state index in [1.807, 2.05) is 6.92 Å². The zero-order valence-electron chi connectivity index (χ0n) is 20.2. The van der Waals surface area contributed by atoms with Gasteiger partial charge < -0.3 is 10.4 Å². The van der Waals surface area contributed by atoms with Gasteiger partial charge in [0.2, 0.25) is 15.9 Å². The number of hydrogen-bond acceptors (Lipinski definition) is 4. The number of benzene rings is 1. The summed E-state index contributed by atoms with van der Waals surface area (Å²) in [6.45, 7) is 5.99. The number of aliphatic hydroxyl groups is 1. The Kier molecular flexibility index (Phi) is 14.5. The Labute approximate surface area is 195 Å². The minimum Gasteiger partial charge on any atom is -0.391 e. The Balaban J connectivity index is 2.23. The number of unbranched alkanes of at least 4 members (excludes halogenated alkanes) is 11. The van der Waals surface area contributed by atoms with Crippen molar-refractivity contribution in [1.82, 2.24) is 10.0 Å². The van der Waals surface area contributed by atoms with E-state index in [9.17, 15) is 18.3 Å². The predicted octanol–water partition coefficient (Wildman–Crippen LogP) is 4.84. The lowest BCUT2D eigenvalue weighted by Gasteiger charge is -2.21. The number of aryl methyl sites for hydroxylation is 1. The monoisotopic (exact) mass is 468 g/mol. The smallest absolute Gasteiger partial charge is 0.241 e. The van der Waals surface area contributed by atoms with Gasteiger partial charge in [0, 0.05) is 6.54 Å². The first-order valence-electron chi connectivity index (χ1n) is 12.3. The lowest BCUT2D eigenvalue weighted by Crippen LogP contribution is -2.52. The molecule has 3 N–H and O–H groups in total. The van der Waals surface area contributed by atoms with Crippen LogP contribution in [-0.4, -0.2) is 38.1 Å². The SMILES string of the molecule is CCCCCCCCCCCCCCNC(=O)C(NS(=O)(=O)c1ccc(C)cc1)C(C)O. The van der Waals surface area contributed by atoms with Gasteiger partial charge in [0.15, 0.2) is 0 Å². The number of nitrogens with one attached hydrogen (secondary N) is 2. The molecule has 6 nitrogen and oxygen atoms in total. The summed E-state index contributed by atoms with van der Waals surface area (Å²) in [4.78, 5) is 12.5. The number of rotatable bonds is 18. The van der Waals surface area contributed by atoms with Crippen molar-refractivity contribution in [1.29, 1.82) is 0 Å². The van der Waals surface area contributed by atoms with Gasteiger partial charge in [0.1, 0.15) is 6.04 Å². The second-order valence-corrected chi connectivity index (χ2v) is 10.5. The Hall–Kier alpha value is -1.44. The van der Waals surface area contributed by atoms with Crippen LogP contribution in [0.5, 0.6) is 0 Å². The number of sulfonamides is 1. The third-order valence-corrected chi connectivity index (χ3v) is 7.16. The van der Waals surface area contributed by atoms with E-state index in [2.05, 4.69) is 17.0 Å². The van der Waals surface area contributed by atoms with Gasteiger partial charge in [-0.1, -0.05) is 95.2 Å². The summed E-state index contributed by atoms with van der Waals surface area (Å²) in [5.74, 6) is -0.501. The fourth-order valence-electron chi connectivity index (χ4n) is 3.61. The van der Waals surface area contributed by atoms with E-state index in [1.165, 1.54) is 76.8 Å². The molecular weight excluding hydrogens is 424 g/mol. The highest BCUT2D eigenvalue weighted by atomic mass is 32.2. The van der Waals surface area contributed by atoms with E-state index in [0.717, 1.165) is 24.8 Å². The summed E-state index contributed by atoms with van der Waals surface area (Å²) in [6, 6.07) is 5.14. The standard InChI is InChI=1S/C25H44N2O4S/c1-4-5-6-7-8-9-10-11-12-13-14-15-20-26-25(29)24(22(3)28)27-32(30,31)23-18-16-21(2)17-19-23/h16-19,22,24,27-28H,4-15,20H2,1-3H3,(H,26,29). The van der Waals surface area contributed by atoms with Crippen LogP contribution in [0.3, 0.4) is 0 Å². The van der Waals surface area contributed by atoms with Crippen LogP contribution in [0.2, 0.25) is 0 Å². The largest absolute Gasteiger partial charge is 0.391 e. The van der Waals surface area contributed by atoms with E-state index < -0.39 is 28.1 Å². The van der Waals surface area contributed by atoms with Crippen molar-refractivity contribution >= 4 is 15.9 Å². The second-order valence-electron chi connectivity index (χ2n) is 8.83. The third-order valence-electron chi connectivity index (χ3n) is 5.71. The van der Waals surface area contributed by atoms with Crippen molar-refractivity contribution in [2.45, 2.75) is 115 Å². The van der Waals surface area contributed by atoms with Gasteiger partial charge in [-0.15, -0.1) is 0 Å². The van der Waals surface area contributed by atoms with Crippen LogP contribution >= 0.6 is 0 Å². The van der Waals surface area contributed by atoms with Crippen LogP contribution in [0.1, 0.15) is 96.5 Å². The van der Waals surface area contributed by atoms with Gasteiger partial charge in [-0.25, -0.2) is 8.42 Å². The van der Waals surface area contributed by atoms with E-state index in [-0.39, 0.29) is 4.90 Å². The maximum atomic E-state index is 12.5. The molecule has 0 aliphatic carbocycles. The lowest BCUT2D eigenvalue weighted by atomic mass is 10.1. The fraction of sp³-hybridized carbons (Fsp3) is 0.720. The normalized spacial score (nSPS) is 13.6. The van der Waals surface area contributed by atoms with Crippen molar-refractivity contribution < 1.29 is 18.3 Å². The molecule has 1 aromatic rings. The molecule has 0 spiro atoms. The molecule has 1 rings (SSSR count). The van der Waals surface area contributed by atoms with Crippen molar-refractivity contribution in [2.75, 3.05) is 6.54 Å². The van der Waals surface area contributed by atoms with E-state index in [1.54, 1.807) is 12.1 Å². The number of hydrogen-bond donors (Lipinski definition) is 3. The highest BCUT2D eigenvalue weighted by Crippen LogP contribution is 2.13. The third kappa shape index (κ3) is 12.0. The van der Waals surface area contributed by atoms with E-state index in [4.69, 9.17) is 0 Å². The summed E-state index contributed by atoms with van der Waals surface area (Å²) < 4.78 is 27.4. The predicted molar refractivity (Wildman–Crippen MR) is 131 cm³/mol. The van der Waals surface area contributed by atoms with Gasteiger partial charge in [-0.3, -0.25) is 4.79 Å². The Morgan fingerprint density at radius 1 is 0.875 bits per heavy atom. The molecule has 0 radical (unpaired) electrons. The van der Waals surface area contributed by atoms with Crippen LogP contribution in [-0.2, 0) is 14.8 Å². The summed E-state index contributed by atoms with van der Waals surface area (Å²) in [6.07, 6.45) is 13.7. The minimum atomic E-state index is -3.89. The molecular formula is C25H44N2O4S. The molecule has 2 unspecified atom stereocenters. The first-order chi connectivity index (χ1) is 15.3. The van der Waals surface area contributed by atoms with Crippen LogP contribution in [0.15, 0.2) is 29.2 Å². The van der Waals surface area contributed by atoms with Crippen LogP contribution in [0.25, 0.3) is 0 Å². The summed E-state index contributed by atoms with van der Waals surface area (Å²) >= 11 is 0. The van der Waals surface area contributed by atoms with Gasteiger partial charge in [-0.05, 0) is 32.4 Å². The van der Waals surface area contributed by atoms with Gasteiger partial charge in [0.05, 0.1) is 11.0 Å². The molecule has 0 fully saturated rings. The lowest BCUT2D eigenvalue weighted by molar-refractivity contribution is -0.124. The van der Waals surface area contributed by atoms with Gasteiger partial charge in [-0.2, -0.15) is 4.72 Å². The van der Waals surface area contributed by atoms with E-state index >= 15 is 0 Å². The molecule has 0 aliphatic heterocycles. The quantitative estimate of drug-likeness (QED) is 0.269. The highest BCUT2D eigenvalue weighted by Gasteiger charge is 2.29. The fourth-order valence-corrected chi connectivity index (χ4v) is 4.88. The molecule has 2 atom stereocenters. The molecule has 0 aromatic heterocycles. The Morgan fingerprint density at radius 2 is 1.34 bits per heavy atom. The van der Waals surface area contributed by atoms with Crippen LogP contribution < -0.4 is 10.0 Å². The topological polar surface area (TPSA) is 95.5 Å². The minimum absolute atomic E-state index is 0.0718. The summed E-state index contributed by atoms with van der Waals surface area (Å²) in [5, 5.41) is 12.7. The molecule has 1 amide bonds. The number of carbonyl (C=O) groups excluding carboxylic acids is 1.